The molecule has 0 aromatic heterocycles. The summed E-state index contributed by atoms with van der Waals surface area (Å²) in [5.74, 6) is -10.6. The normalized spacial score (nSPS) is 15.8. The molecule has 1 atom stereocenters. The number of phenolic OH excluding ortho intramolecular Hbond substituents is 2. The minimum atomic E-state index is -1.57. The van der Waals surface area contributed by atoms with Crippen LogP contribution in [0.3, 0.4) is 0 Å². The number of ether oxygens (including phenoxy) is 1. The molecule has 3 aromatic rings. The predicted octanol–water partition coefficient (Wildman–Crippen LogP) is 6.86. The summed E-state index contributed by atoms with van der Waals surface area (Å²) in [5.41, 5.74) is -0.468. The van der Waals surface area contributed by atoms with Crippen LogP contribution in [0.1, 0.15) is 24.8 Å². The Hall–Kier alpha value is -3.62. The van der Waals surface area contributed by atoms with Crippen molar-refractivity contribution in [1.29, 1.82) is 0 Å². The topological polar surface area (TPSA) is 49.7 Å². The van der Waals surface area contributed by atoms with Crippen molar-refractivity contribution in [3.63, 3.8) is 0 Å². The van der Waals surface area contributed by atoms with Gasteiger partial charge in [0.25, 0.3) is 0 Å². The number of hydrogen-bond donors (Lipinski definition) is 2. The molecule has 2 N–H and O–H groups in total. The van der Waals surface area contributed by atoms with E-state index in [1.165, 1.54) is 6.07 Å². The van der Waals surface area contributed by atoms with Gasteiger partial charge in [-0.15, -0.1) is 0 Å². The maximum atomic E-state index is 14.6. The van der Waals surface area contributed by atoms with Crippen LogP contribution in [0, 0.1) is 40.8 Å². The second kappa shape index (κ2) is 9.32. The Balaban J connectivity index is 1.46. The number of allylic oxidation sites excluding steroid dienone is 2. The minimum absolute atomic E-state index is 0.00804. The molecule has 0 saturated heterocycles. The maximum Gasteiger partial charge on any atom is 0.201 e. The highest BCUT2D eigenvalue weighted by Crippen LogP contribution is 2.36. The van der Waals surface area contributed by atoms with Crippen LogP contribution in [0.4, 0.5) is 26.3 Å². The molecule has 4 rings (SSSR count). The molecule has 1 aliphatic rings. The average molecular weight is 480 g/mol. The molecular formula is C25H18F6O3. The molecule has 0 saturated carbocycles. The van der Waals surface area contributed by atoms with Crippen LogP contribution in [-0.2, 0) is 0 Å². The Morgan fingerprint density at radius 1 is 0.676 bits per heavy atom. The number of halogens is 6. The number of benzene rings is 3. The van der Waals surface area contributed by atoms with Gasteiger partial charge in [0.15, 0.2) is 34.7 Å². The summed E-state index contributed by atoms with van der Waals surface area (Å²) < 4.78 is 89.8. The zero-order valence-electron chi connectivity index (χ0n) is 17.5. The molecule has 0 heterocycles. The second-order valence-corrected chi connectivity index (χ2v) is 7.94. The molecule has 3 nitrogen and oxygen atoms in total. The molecule has 0 spiro atoms. The standard InChI is InChI=1S/C25H18F6O3/c26-20-14(5-8-17(32)23(20)29)13-3-1-12(2-4-13)11-34-19-10-7-16(22(28)25(19)31)15-6-9-18(33)24(30)21(15)27/h3,5-10,12,32-33H,1-2,4,11H2. The van der Waals surface area contributed by atoms with E-state index in [4.69, 9.17) is 4.74 Å². The molecule has 1 aliphatic carbocycles. The van der Waals surface area contributed by atoms with E-state index in [9.17, 15) is 36.6 Å². The van der Waals surface area contributed by atoms with Gasteiger partial charge in [-0.2, -0.15) is 13.2 Å². The van der Waals surface area contributed by atoms with E-state index in [2.05, 4.69) is 0 Å². The first-order valence-corrected chi connectivity index (χ1v) is 10.3. The minimum Gasteiger partial charge on any atom is -0.505 e. The van der Waals surface area contributed by atoms with Crippen LogP contribution in [0.2, 0.25) is 0 Å². The number of phenols is 2. The first-order valence-electron chi connectivity index (χ1n) is 10.3. The molecule has 0 amide bonds. The van der Waals surface area contributed by atoms with E-state index in [1.807, 2.05) is 0 Å². The largest absolute Gasteiger partial charge is 0.505 e. The fourth-order valence-corrected chi connectivity index (χ4v) is 3.88. The van der Waals surface area contributed by atoms with E-state index in [1.54, 1.807) is 6.08 Å². The van der Waals surface area contributed by atoms with Crippen LogP contribution in [0.5, 0.6) is 17.2 Å². The van der Waals surface area contributed by atoms with Crippen molar-refractivity contribution in [2.24, 2.45) is 5.92 Å². The molecular weight excluding hydrogens is 462 g/mol. The van der Waals surface area contributed by atoms with Crippen molar-refractivity contribution >= 4 is 5.57 Å². The summed E-state index contributed by atoms with van der Waals surface area (Å²) in [5, 5.41) is 18.4. The lowest BCUT2D eigenvalue weighted by atomic mass is 9.87. The zero-order valence-corrected chi connectivity index (χ0v) is 17.5. The number of hydrogen-bond acceptors (Lipinski definition) is 3. The van der Waals surface area contributed by atoms with Gasteiger partial charge in [0.2, 0.25) is 17.5 Å². The Morgan fingerprint density at radius 2 is 1.21 bits per heavy atom. The average Bonchev–Trinajstić information content (AvgIpc) is 2.83. The molecule has 0 fully saturated rings. The quantitative estimate of drug-likeness (QED) is 0.392. The lowest BCUT2D eigenvalue weighted by Crippen LogP contribution is -2.15. The van der Waals surface area contributed by atoms with Gasteiger partial charge in [-0.05, 0) is 67.2 Å². The summed E-state index contributed by atoms with van der Waals surface area (Å²) in [7, 11) is 0. The van der Waals surface area contributed by atoms with Crippen molar-refractivity contribution in [2.45, 2.75) is 19.3 Å². The van der Waals surface area contributed by atoms with Crippen molar-refractivity contribution in [1.82, 2.24) is 0 Å². The highest BCUT2D eigenvalue weighted by atomic mass is 19.2. The summed E-state index contributed by atoms with van der Waals surface area (Å²) in [6, 6.07) is 6.27. The first kappa shape index (κ1) is 23.5. The third kappa shape index (κ3) is 4.30. The maximum absolute atomic E-state index is 14.6. The van der Waals surface area contributed by atoms with Crippen molar-refractivity contribution in [3.05, 3.63) is 82.9 Å². The summed E-state index contributed by atoms with van der Waals surface area (Å²) >= 11 is 0. The van der Waals surface area contributed by atoms with E-state index < -0.39 is 63.3 Å². The smallest absolute Gasteiger partial charge is 0.201 e. The monoisotopic (exact) mass is 480 g/mol. The van der Waals surface area contributed by atoms with Gasteiger partial charge in [0.05, 0.1) is 6.61 Å². The van der Waals surface area contributed by atoms with Gasteiger partial charge in [-0.3, -0.25) is 0 Å². The molecule has 0 aliphatic heterocycles. The van der Waals surface area contributed by atoms with Crippen LogP contribution >= 0.6 is 0 Å². The summed E-state index contributed by atoms with van der Waals surface area (Å²) in [6.07, 6.45) is 3.01. The van der Waals surface area contributed by atoms with Gasteiger partial charge < -0.3 is 14.9 Å². The second-order valence-electron chi connectivity index (χ2n) is 7.94. The molecule has 9 heteroatoms. The van der Waals surface area contributed by atoms with Gasteiger partial charge >= 0.3 is 0 Å². The third-order valence-electron chi connectivity index (χ3n) is 5.80. The Bertz CT molecular complexity index is 1290. The Kier molecular flexibility index (Phi) is 6.45. The van der Waals surface area contributed by atoms with Gasteiger partial charge in [0, 0.05) is 16.7 Å². The third-order valence-corrected chi connectivity index (χ3v) is 5.80. The van der Waals surface area contributed by atoms with Gasteiger partial charge in [-0.25, -0.2) is 13.2 Å². The molecule has 34 heavy (non-hydrogen) atoms. The van der Waals surface area contributed by atoms with Crippen LogP contribution in [0.15, 0.2) is 42.5 Å². The summed E-state index contributed by atoms with van der Waals surface area (Å²) in [6.45, 7) is 0.00804. The molecule has 0 bridgehead atoms. The zero-order chi connectivity index (χ0) is 24.6. The predicted molar refractivity (Wildman–Crippen MR) is 112 cm³/mol. The molecule has 1 unspecified atom stereocenters. The highest BCUT2D eigenvalue weighted by molar-refractivity contribution is 5.68. The van der Waals surface area contributed by atoms with Gasteiger partial charge in [-0.1, -0.05) is 6.08 Å². The Labute approximate surface area is 190 Å². The lowest BCUT2D eigenvalue weighted by molar-refractivity contribution is 0.228. The summed E-state index contributed by atoms with van der Waals surface area (Å²) in [4.78, 5) is 0. The van der Waals surface area contributed by atoms with E-state index in [0.717, 1.165) is 30.3 Å². The Morgan fingerprint density at radius 3 is 1.79 bits per heavy atom. The highest BCUT2D eigenvalue weighted by Gasteiger charge is 2.24. The van der Waals surface area contributed by atoms with E-state index in [-0.39, 0.29) is 18.1 Å². The van der Waals surface area contributed by atoms with Crippen molar-refractivity contribution in [3.8, 4) is 28.4 Å². The lowest BCUT2D eigenvalue weighted by Gasteiger charge is -2.23. The van der Waals surface area contributed by atoms with Crippen molar-refractivity contribution < 1.29 is 41.3 Å². The molecule has 0 radical (unpaired) electrons. The van der Waals surface area contributed by atoms with Crippen molar-refractivity contribution in [2.75, 3.05) is 6.61 Å². The fraction of sp³-hybridized carbons (Fsp3) is 0.200. The van der Waals surface area contributed by atoms with Gasteiger partial charge in [0.1, 0.15) is 0 Å². The molecule has 3 aromatic carbocycles. The van der Waals surface area contributed by atoms with E-state index >= 15 is 0 Å². The first-order chi connectivity index (χ1) is 16.2. The fourth-order valence-electron chi connectivity index (χ4n) is 3.88. The van der Waals surface area contributed by atoms with Crippen LogP contribution in [-0.4, -0.2) is 16.8 Å². The molecule has 178 valence electrons. The van der Waals surface area contributed by atoms with E-state index in [0.29, 0.717) is 24.8 Å². The van der Waals surface area contributed by atoms with Crippen LogP contribution in [0.25, 0.3) is 16.7 Å². The number of rotatable bonds is 5. The van der Waals surface area contributed by atoms with Crippen LogP contribution < -0.4 is 4.74 Å². The SMILES string of the molecule is Oc1ccc(C2=CCC(COc3ccc(-c4ccc(O)c(F)c4F)c(F)c3F)CC2)c(F)c1F. The number of aromatic hydroxyl groups is 2.